The van der Waals surface area contributed by atoms with E-state index < -0.39 is 15.9 Å². The number of rotatable bonds is 14. The van der Waals surface area contributed by atoms with Gasteiger partial charge in [-0.3, -0.25) is 9.69 Å². The van der Waals surface area contributed by atoms with E-state index in [9.17, 15) is 13.2 Å². The lowest BCUT2D eigenvalue weighted by Crippen LogP contribution is -2.47. The quantitative estimate of drug-likeness (QED) is 0.0949. The maximum atomic E-state index is 14.0. The second kappa shape index (κ2) is 19.3. The summed E-state index contributed by atoms with van der Waals surface area (Å²) in [6.45, 7) is 10.4. The summed E-state index contributed by atoms with van der Waals surface area (Å²) in [6, 6.07) is 26.3. The van der Waals surface area contributed by atoms with Crippen LogP contribution in [0.5, 0.6) is 11.5 Å². The number of H-pyrrole nitrogens is 1. The van der Waals surface area contributed by atoms with Crippen LogP contribution in [-0.4, -0.2) is 88.0 Å². The van der Waals surface area contributed by atoms with Gasteiger partial charge in [-0.2, -0.15) is 0 Å². The van der Waals surface area contributed by atoms with Crippen LogP contribution in [0.15, 0.2) is 102 Å². The van der Waals surface area contributed by atoms with Crippen LogP contribution < -0.4 is 19.7 Å². The summed E-state index contributed by atoms with van der Waals surface area (Å²) in [5.74, 6) is 0.0948. The monoisotopic (exact) mass is 848 g/mol. The zero-order valence-electron chi connectivity index (χ0n) is 34.6. The van der Waals surface area contributed by atoms with E-state index in [4.69, 9.17) is 16.3 Å². The fourth-order valence-corrected chi connectivity index (χ4v) is 10.1. The SMILES string of the molecule is Cc1cc(S(=O)(=O)NC(=O)c2ccc(N3CCN(C/C4=C(\c5ccc(Cl)cc5)CCCCCC4)CC3)cc2Oc2cccc3[nH]ccc23)ccc1NCCCN1CCCC1. The molecular weight excluding hydrogens is 792 g/mol. The Morgan fingerprint density at radius 3 is 2.37 bits per heavy atom. The fourth-order valence-electron chi connectivity index (χ4n) is 8.94. The maximum Gasteiger partial charge on any atom is 0.268 e. The molecule has 3 aliphatic rings. The first kappa shape index (κ1) is 41.9. The molecule has 2 fully saturated rings. The zero-order valence-corrected chi connectivity index (χ0v) is 36.2. The summed E-state index contributed by atoms with van der Waals surface area (Å²) >= 11 is 6.26. The number of amides is 1. The van der Waals surface area contributed by atoms with E-state index in [0.29, 0.717) is 5.75 Å². The van der Waals surface area contributed by atoms with E-state index >= 15 is 0 Å². The van der Waals surface area contributed by atoms with Crippen LogP contribution in [0.25, 0.3) is 16.5 Å². The Kier molecular flexibility index (Phi) is 13.5. The smallest absolute Gasteiger partial charge is 0.268 e. The van der Waals surface area contributed by atoms with Gasteiger partial charge in [-0.25, -0.2) is 13.1 Å². The van der Waals surface area contributed by atoms with Crippen molar-refractivity contribution in [3.8, 4) is 11.5 Å². The molecule has 4 aromatic carbocycles. The van der Waals surface area contributed by atoms with E-state index in [0.717, 1.165) is 97.9 Å². The molecule has 2 aliphatic heterocycles. The standard InChI is InChI=1S/C48H57ClN6O4S/c1-35-32-40(19-21-44(35)50-23-9-27-53-25-6-7-26-53)60(57,58)52-48(56)43-20-18-39(33-47(43)59-46-13-8-12-45-42(46)22-24-51-45)55-30-28-54(29-31-55)34-37-10-4-2-3-5-11-41(37)36-14-16-38(49)17-15-36/h8,12-22,24,32-33,50-51H,2-7,9-11,23,25-31,34H2,1H3,(H,52,56)/b41-37-. The highest BCUT2D eigenvalue weighted by atomic mass is 35.5. The van der Waals surface area contributed by atoms with Gasteiger partial charge >= 0.3 is 0 Å². The van der Waals surface area contributed by atoms with Gasteiger partial charge < -0.3 is 24.8 Å². The molecule has 0 bridgehead atoms. The molecule has 0 saturated carbocycles. The molecule has 1 amide bonds. The molecule has 60 heavy (non-hydrogen) atoms. The van der Waals surface area contributed by atoms with Crippen LogP contribution >= 0.6 is 11.6 Å². The first-order chi connectivity index (χ1) is 29.2. The van der Waals surface area contributed by atoms with Gasteiger partial charge in [-0.15, -0.1) is 0 Å². The van der Waals surface area contributed by atoms with Crippen molar-refractivity contribution in [2.45, 2.75) is 69.6 Å². The minimum atomic E-state index is -4.20. The van der Waals surface area contributed by atoms with Gasteiger partial charge in [0.05, 0.1) is 10.5 Å². The van der Waals surface area contributed by atoms with Crippen molar-refractivity contribution in [1.82, 2.24) is 19.5 Å². The second-order valence-electron chi connectivity index (χ2n) is 16.5. The van der Waals surface area contributed by atoms with E-state index in [1.807, 2.05) is 61.7 Å². The van der Waals surface area contributed by atoms with Crippen molar-refractivity contribution < 1.29 is 17.9 Å². The molecule has 5 aromatic rings. The molecule has 12 heteroatoms. The van der Waals surface area contributed by atoms with Crippen molar-refractivity contribution >= 4 is 55.4 Å². The van der Waals surface area contributed by atoms with E-state index in [1.165, 1.54) is 68.3 Å². The van der Waals surface area contributed by atoms with Gasteiger partial charge in [-0.1, -0.05) is 48.2 Å². The van der Waals surface area contributed by atoms with Crippen LogP contribution in [0.3, 0.4) is 0 Å². The number of hydrogen-bond acceptors (Lipinski definition) is 8. The molecule has 0 unspecified atom stereocenters. The number of carbonyl (C=O) groups is 1. The summed E-state index contributed by atoms with van der Waals surface area (Å²) in [7, 11) is -4.20. The van der Waals surface area contributed by atoms with Crippen LogP contribution in [0, 0.1) is 6.92 Å². The van der Waals surface area contributed by atoms with Crippen molar-refractivity contribution in [3.63, 3.8) is 0 Å². The van der Waals surface area contributed by atoms with Gasteiger partial charge in [0.2, 0.25) is 0 Å². The lowest BCUT2D eigenvalue weighted by Gasteiger charge is -2.37. The van der Waals surface area contributed by atoms with E-state index in [1.54, 1.807) is 24.3 Å². The lowest BCUT2D eigenvalue weighted by atomic mass is 9.88. The third kappa shape index (κ3) is 10.2. The molecule has 0 radical (unpaired) electrons. The number of anilines is 2. The summed E-state index contributed by atoms with van der Waals surface area (Å²) in [4.78, 5) is 24.6. The van der Waals surface area contributed by atoms with Gasteiger partial charge in [-0.05, 0) is 149 Å². The van der Waals surface area contributed by atoms with Gasteiger partial charge in [0.1, 0.15) is 11.5 Å². The van der Waals surface area contributed by atoms with Crippen LogP contribution in [0.2, 0.25) is 5.02 Å². The average molecular weight is 850 g/mol. The van der Waals surface area contributed by atoms with Gasteiger partial charge in [0, 0.05) is 78.8 Å². The minimum absolute atomic E-state index is 0.0282. The molecule has 8 rings (SSSR count). The van der Waals surface area contributed by atoms with Crippen molar-refractivity contribution in [2.75, 3.05) is 69.1 Å². The summed E-state index contributed by atoms with van der Waals surface area (Å²) in [5.41, 5.74) is 7.92. The summed E-state index contributed by atoms with van der Waals surface area (Å²) < 4.78 is 36.3. The first-order valence-electron chi connectivity index (χ1n) is 21.7. The highest BCUT2D eigenvalue weighted by Crippen LogP contribution is 2.36. The van der Waals surface area contributed by atoms with Crippen LogP contribution in [0.1, 0.15) is 79.3 Å². The number of aromatic nitrogens is 1. The topological polar surface area (TPSA) is 110 Å². The van der Waals surface area contributed by atoms with Crippen molar-refractivity contribution in [1.29, 1.82) is 0 Å². The minimum Gasteiger partial charge on any atom is -0.456 e. The van der Waals surface area contributed by atoms with E-state index in [-0.39, 0.29) is 16.2 Å². The number of fused-ring (bicyclic) bond motifs is 1. The third-order valence-corrected chi connectivity index (χ3v) is 13.9. The lowest BCUT2D eigenvalue weighted by molar-refractivity contribution is 0.0979. The molecule has 3 heterocycles. The summed E-state index contributed by atoms with van der Waals surface area (Å²) in [6.07, 6.45) is 12.6. The molecule has 2 saturated heterocycles. The van der Waals surface area contributed by atoms with Crippen LogP contribution in [-0.2, 0) is 10.0 Å². The van der Waals surface area contributed by atoms with E-state index in [2.05, 4.69) is 41.9 Å². The molecule has 1 aromatic heterocycles. The molecule has 3 N–H and O–H groups in total. The molecule has 0 atom stereocenters. The molecule has 1 aliphatic carbocycles. The number of nitrogens with one attached hydrogen (secondary N) is 3. The number of likely N-dealkylation sites (tertiary alicyclic amines) is 1. The van der Waals surface area contributed by atoms with Crippen LogP contribution in [0.4, 0.5) is 11.4 Å². The third-order valence-electron chi connectivity index (χ3n) is 12.3. The van der Waals surface area contributed by atoms with Gasteiger partial charge in [0.15, 0.2) is 0 Å². The van der Waals surface area contributed by atoms with Crippen molar-refractivity contribution in [2.24, 2.45) is 0 Å². The predicted molar refractivity (Wildman–Crippen MR) is 244 cm³/mol. The Balaban J connectivity index is 0.975. The Bertz CT molecular complexity index is 2420. The Hall–Kier alpha value is -4.81. The highest BCUT2D eigenvalue weighted by molar-refractivity contribution is 7.90. The summed E-state index contributed by atoms with van der Waals surface area (Å²) in [5, 5.41) is 5.07. The molecular formula is C48H57ClN6O4S. The fraction of sp³-hybridized carbons (Fsp3) is 0.396. The first-order valence-corrected chi connectivity index (χ1v) is 23.5. The Morgan fingerprint density at radius 2 is 1.58 bits per heavy atom. The average Bonchev–Trinajstić information content (AvgIpc) is 3.95. The normalized spacial score (nSPS) is 18.3. The molecule has 10 nitrogen and oxygen atoms in total. The number of allylic oxidation sites excluding steroid dienone is 1. The molecule has 316 valence electrons. The number of carbonyl (C=O) groups excluding carboxylic acids is 1. The number of nitrogens with zero attached hydrogens (tertiary/aromatic N) is 3. The predicted octanol–water partition coefficient (Wildman–Crippen LogP) is 9.87. The number of aromatic amines is 1. The number of ether oxygens (including phenoxy) is 1. The zero-order chi connectivity index (χ0) is 41.5. The largest absolute Gasteiger partial charge is 0.456 e. The highest BCUT2D eigenvalue weighted by Gasteiger charge is 2.26. The van der Waals surface area contributed by atoms with Gasteiger partial charge in [0.25, 0.3) is 15.9 Å². The number of aryl methyl sites for hydroxylation is 1. The number of piperazine rings is 1. The Labute approximate surface area is 360 Å². The Morgan fingerprint density at radius 1 is 0.800 bits per heavy atom. The maximum absolute atomic E-state index is 14.0. The number of benzene rings is 4. The number of hydrogen-bond donors (Lipinski definition) is 3. The van der Waals surface area contributed by atoms with Crippen molar-refractivity contribution in [3.05, 3.63) is 118 Å². The molecule has 0 spiro atoms. The number of sulfonamides is 1. The second-order valence-corrected chi connectivity index (χ2v) is 18.6. The number of halogens is 1.